The Morgan fingerprint density at radius 1 is 1.26 bits per heavy atom. The van der Waals surface area contributed by atoms with Crippen molar-refractivity contribution < 1.29 is 13.2 Å². The monoisotopic (exact) mass is 284 g/mol. The number of hydrogen-bond acceptors (Lipinski definition) is 4. The van der Waals surface area contributed by atoms with Gasteiger partial charge in [-0.2, -0.15) is 18.3 Å². The summed E-state index contributed by atoms with van der Waals surface area (Å²) in [5.74, 6) is 0.330. The van der Waals surface area contributed by atoms with Crippen LogP contribution < -0.4 is 5.32 Å². The Bertz CT molecular complexity index is 702. The number of H-pyrrole nitrogens is 1. The molecule has 0 aliphatic rings. The van der Waals surface area contributed by atoms with E-state index < -0.39 is 11.7 Å². The quantitative estimate of drug-likeness (QED) is 0.753. The van der Waals surface area contributed by atoms with Crippen molar-refractivity contribution in [2.75, 3.05) is 5.32 Å². The van der Waals surface area contributed by atoms with Crippen LogP contribution in [0.3, 0.4) is 0 Å². The van der Waals surface area contributed by atoms with E-state index in [0.717, 1.165) is 12.1 Å². The summed E-state index contributed by atoms with van der Waals surface area (Å²) in [7, 11) is 0. The molecule has 0 aliphatic heterocycles. The third-order valence-electron chi connectivity index (χ3n) is 2.55. The Morgan fingerprint density at radius 3 is 2.79 bits per heavy atom. The predicted molar refractivity (Wildman–Crippen MR) is 66.5 cm³/mol. The van der Waals surface area contributed by atoms with Gasteiger partial charge in [0.05, 0.1) is 11.1 Å². The molecule has 2 heterocycles. The van der Waals surface area contributed by atoms with Crippen molar-refractivity contribution in [3.05, 3.63) is 35.3 Å². The van der Waals surface area contributed by atoms with Crippen LogP contribution in [0.1, 0.15) is 5.56 Å². The average Bonchev–Trinajstić information content (AvgIpc) is 2.98. The zero-order chi connectivity index (χ0) is 13.5. The van der Waals surface area contributed by atoms with E-state index in [2.05, 4.69) is 20.5 Å². The second-order valence-electron chi connectivity index (χ2n) is 3.79. The highest BCUT2D eigenvalue weighted by Crippen LogP contribution is 2.33. The molecule has 0 atom stereocenters. The third kappa shape index (κ3) is 2.26. The molecule has 0 fully saturated rings. The van der Waals surface area contributed by atoms with Gasteiger partial charge in [0, 0.05) is 17.0 Å². The van der Waals surface area contributed by atoms with E-state index in [1.54, 1.807) is 11.6 Å². The summed E-state index contributed by atoms with van der Waals surface area (Å²) in [6.45, 7) is 0. The Balaban J connectivity index is 2.05. The highest BCUT2D eigenvalue weighted by Gasteiger charge is 2.30. The van der Waals surface area contributed by atoms with Crippen LogP contribution in [0.15, 0.2) is 29.8 Å². The fraction of sp³-hybridized carbons (Fsp3) is 0.0909. The number of anilines is 2. The lowest BCUT2D eigenvalue weighted by molar-refractivity contribution is -0.137. The van der Waals surface area contributed by atoms with Gasteiger partial charge in [0.25, 0.3) is 0 Å². The Labute approximate surface area is 109 Å². The molecule has 4 nitrogen and oxygen atoms in total. The third-order valence-corrected chi connectivity index (χ3v) is 3.24. The van der Waals surface area contributed by atoms with Crippen molar-refractivity contribution in [3.63, 3.8) is 0 Å². The summed E-state index contributed by atoms with van der Waals surface area (Å²) in [5, 5.41) is 12.2. The zero-order valence-electron chi connectivity index (χ0n) is 9.32. The molecule has 0 saturated heterocycles. The van der Waals surface area contributed by atoms with Gasteiger partial charge in [0.2, 0.25) is 0 Å². The first-order chi connectivity index (χ1) is 9.04. The normalized spacial score (nSPS) is 11.9. The van der Waals surface area contributed by atoms with E-state index in [9.17, 15) is 13.2 Å². The van der Waals surface area contributed by atoms with Gasteiger partial charge in [-0.1, -0.05) is 0 Å². The summed E-state index contributed by atoms with van der Waals surface area (Å²) in [4.78, 5) is 4.00. The van der Waals surface area contributed by atoms with Crippen molar-refractivity contribution in [1.29, 1.82) is 0 Å². The van der Waals surface area contributed by atoms with Crippen molar-refractivity contribution in [2.24, 2.45) is 0 Å². The van der Waals surface area contributed by atoms with Crippen LogP contribution in [0.4, 0.5) is 24.1 Å². The Kier molecular flexibility index (Phi) is 2.67. The maximum atomic E-state index is 12.7. The zero-order valence-corrected chi connectivity index (χ0v) is 10.1. The van der Waals surface area contributed by atoms with Crippen LogP contribution in [-0.2, 0) is 6.18 Å². The summed E-state index contributed by atoms with van der Waals surface area (Å²) in [6.07, 6.45) is -2.77. The maximum Gasteiger partial charge on any atom is 0.416 e. The molecule has 0 spiro atoms. The predicted octanol–water partition coefficient (Wildman–Crippen LogP) is 3.78. The lowest BCUT2D eigenvalue weighted by atomic mass is 10.1. The number of halogens is 3. The number of alkyl halides is 3. The molecule has 0 unspecified atom stereocenters. The number of nitrogens with zero attached hydrogens (tertiary/aromatic N) is 2. The van der Waals surface area contributed by atoms with E-state index in [-0.39, 0.29) is 0 Å². The second-order valence-corrected chi connectivity index (χ2v) is 4.69. The molecular formula is C11H7F3N4S. The molecule has 98 valence electrons. The van der Waals surface area contributed by atoms with E-state index in [1.165, 1.54) is 17.4 Å². The summed E-state index contributed by atoms with van der Waals surface area (Å²) >= 11 is 1.34. The average molecular weight is 284 g/mol. The van der Waals surface area contributed by atoms with E-state index in [4.69, 9.17) is 0 Å². The number of fused-ring (bicyclic) bond motifs is 1. The van der Waals surface area contributed by atoms with Gasteiger partial charge in [-0.15, -0.1) is 11.3 Å². The lowest BCUT2D eigenvalue weighted by Crippen LogP contribution is -2.04. The highest BCUT2D eigenvalue weighted by atomic mass is 32.1. The van der Waals surface area contributed by atoms with Crippen molar-refractivity contribution in [3.8, 4) is 0 Å². The molecule has 0 aliphatic carbocycles. The molecule has 1 aromatic carbocycles. The standard InChI is InChI=1S/C11H7F3N4S/c12-11(13,14)6-1-2-8-7(5-6)9(18-17-8)16-10-15-3-4-19-10/h1-5H,(H2,15,16,17,18). The number of aromatic amines is 1. The largest absolute Gasteiger partial charge is 0.416 e. The summed E-state index contributed by atoms with van der Waals surface area (Å²) < 4.78 is 38.0. The summed E-state index contributed by atoms with van der Waals surface area (Å²) in [5.41, 5.74) is -0.171. The van der Waals surface area contributed by atoms with Crippen LogP contribution in [0.2, 0.25) is 0 Å². The molecule has 19 heavy (non-hydrogen) atoms. The number of hydrogen-bond donors (Lipinski definition) is 2. The maximum absolute atomic E-state index is 12.7. The van der Waals surface area contributed by atoms with Gasteiger partial charge in [0.1, 0.15) is 0 Å². The number of aromatic nitrogens is 3. The first-order valence-electron chi connectivity index (χ1n) is 5.26. The van der Waals surface area contributed by atoms with Gasteiger partial charge >= 0.3 is 6.18 Å². The molecule has 0 radical (unpaired) electrons. The van der Waals surface area contributed by atoms with E-state index in [0.29, 0.717) is 21.9 Å². The lowest BCUT2D eigenvalue weighted by Gasteiger charge is -2.06. The first-order valence-corrected chi connectivity index (χ1v) is 6.14. The number of benzene rings is 1. The topological polar surface area (TPSA) is 53.6 Å². The molecule has 2 aromatic heterocycles. The van der Waals surface area contributed by atoms with Gasteiger partial charge in [-0.05, 0) is 18.2 Å². The molecular weight excluding hydrogens is 277 g/mol. The minimum Gasteiger partial charge on any atom is -0.314 e. The molecule has 0 saturated carbocycles. The fourth-order valence-corrected chi connectivity index (χ4v) is 2.20. The Morgan fingerprint density at radius 2 is 2.11 bits per heavy atom. The molecule has 3 aromatic rings. The van der Waals surface area contributed by atoms with Crippen molar-refractivity contribution in [1.82, 2.24) is 15.2 Å². The number of nitrogens with one attached hydrogen (secondary N) is 2. The van der Waals surface area contributed by atoms with Crippen LogP contribution in [0.5, 0.6) is 0 Å². The van der Waals surface area contributed by atoms with Gasteiger partial charge in [-0.3, -0.25) is 5.10 Å². The molecule has 0 bridgehead atoms. The van der Waals surface area contributed by atoms with Gasteiger partial charge in [-0.25, -0.2) is 4.98 Å². The highest BCUT2D eigenvalue weighted by molar-refractivity contribution is 7.13. The van der Waals surface area contributed by atoms with E-state index in [1.807, 2.05) is 0 Å². The summed E-state index contributed by atoms with van der Waals surface area (Å²) in [6, 6.07) is 3.45. The SMILES string of the molecule is FC(F)(F)c1ccc2[nH]nc(Nc3nccs3)c2c1. The van der Waals surface area contributed by atoms with Crippen LogP contribution >= 0.6 is 11.3 Å². The van der Waals surface area contributed by atoms with E-state index >= 15 is 0 Å². The minimum absolute atomic E-state index is 0.330. The van der Waals surface area contributed by atoms with Crippen molar-refractivity contribution >= 4 is 33.2 Å². The van der Waals surface area contributed by atoms with Crippen LogP contribution in [0, 0.1) is 0 Å². The van der Waals surface area contributed by atoms with Crippen LogP contribution in [-0.4, -0.2) is 15.2 Å². The number of thiazole rings is 1. The first kappa shape index (κ1) is 12.0. The molecule has 2 N–H and O–H groups in total. The van der Waals surface area contributed by atoms with Crippen LogP contribution in [0.25, 0.3) is 10.9 Å². The van der Waals surface area contributed by atoms with Gasteiger partial charge < -0.3 is 5.32 Å². The molecule has 0 amide bonds. The fourth-order valence-electron chi connectivity index (χ4n) is 1.67. The second kappa shape index (κ2) is 4.23. The van der Waals surface area contributed by atoms with Crippen molar-refractivity contribution in [2.45, 2.75) is 6.18 Å². The smallest absolute Gasteiger partial charge is 0.314 e. The molecule has 8 heteroatoms. The van der Waals surface area contributed by atoms with Gasteiger partial charge in [0.15, 0.2) is 10.9 Å². The number of rotatable bonds is 2. The minimum atomic E-state index is -4.37. The Hall–Kier alpha value is -2.09. The molecule has 3 rings (SSSR count).